The second-order valence-corrected chi connectivity index (χ2v) is 8.25. The quantitative estimate of drug-likeness (QED) is 0.214. The average Bonchev–Trinajstić information content (AvgIpc) is 2.86. The topological polar surface area (TPSA) is 52.1 Å². The summed E-state index contributed by atoms with van der Waals surface area (Å²) >= 11 is 3.61. The predicted molar refractivity (Wildman–Crippen MR) is 136 cm³/mol. The Bertz CT molecular complexity index is 1270. The van der Waals surface area contributed by atoms with Gasteiger partial charge in [0.1, 0.15) is 12.4 Å². The fraction of sp³-hybridized carbons (Fsp3) is 0.148. The van der Waals surface area contributed by atoms with Crippen LogP contribution in [0.5, 0.6) is 17.2 Å². The van der Waals surface area contributed by atoms with Crippen molar-refractivity contribution in [3.63, 3.8) is 0 Å². The van der Waals surface area contributed by atoms with Gasteiger partial charge in [-0.3, -0.25) is 0 Å². The van der Waals surface area contributed by atoms with E-state index in [0.717, 1.165) is 26.9 Å². The first kappa shape index (κ1) is 22.7. The number of methoxy groups -OCH3 is 2. The number of hydrazone groups is 1. The molecule has 168 valence electrons. The Morgan fingerprint density at radius 2 is 1.64 bits per heavy atom. The molecule has 5 nitrogen and oxygen atoms in total. The van der Waals surface area contributed by atoms with Crippen LogP contribution in [0, 0.1) is 0 Å². The van der Waals surface area contributed by atoms with Crippen LogP contribution in [0.25, 0.3) is 10.8 Å². The Hall–Kier alpha value is -3.51. The zero-order valence-electron chi connectivity index (χ0n) is 18.5. The van der Waals surface area contributed by atoms with Crippen molar-refractivity contribution >= 4 is 32.9 Å². The van der Waals surface area contributed by atoms with Crippen LogP contribution in [-0.2, 0) is 13.2 Å². The van der Waals surface area contributed by atoms with E-state index in [2.05, 4.69) is 62.9 Å². The van der Waals surface area contributed by atoms with Gasteiger partial charge in [-0.05, 0) is 73.7 Å². The van der Waals surface area contributed by atoms with Gasteiger partial charge >= 0.3 is 0 Å². The Balaban J connectivity index is 1.35. The normalized spacial score (nSPS) is 11.0. The summed E-state index contributed by atoms with van der Waals surface area (Å²) < 4.78 is 17.6. The Morgan fingerprint density at radius 3 is 2.45 bits per heavy atom. The number of halogens is 1. The lowest BCUT2D eigenvalue weighted by atomic mass is 10.1. The number of rotatable bonds is 9. The van der Waals surface area contributed by atoms with Crippen molar-refractivity contribution in [3.05, 3.63) is 100 Å². The molecule has 0 aliphatic rings. The molecule has 0 atom stereocenters. The number of ether oxygens (including phenoxy) is 3. The molecule has 0 aliphatic heterocycles. The molecular formula is C27H25BrN2O3. The monoisotopic (exact) mass is 504 g/mol. The van der Waals surface area contributed by atoms with Gasteiger partial charge in [-0.2, -0.15) is 5.10 Å². The van der Waals surface area contributed by atoms with E-state index in [0.29, 0.717) is 24.7 Å². The third-order valence-electron chi connectivity index (χ3n) is 5.26. The molecule has 0 unspecified atom stereocenters. The maximum Gasteiger partial charge on any atom is 0.161 e. The minimum atomic E-state index is 0.500. The van der Waals surface area contributed by atoms with Gasteiger partial charge in [0.05, 0.1) is 31.5 Å². The van der Waals surface area contributed by atoms with Crippen molar-refractivity contribution in [2.24, 2.45) is 5.10 Å². The summed E-state index contributed by atoms with van der Waals surface area (Å²) in [6.07, 6.45) is 1.78. The Labute approximate surface area is 202 Å². The first-order chi connectivity index (χ1) is 16.2. The Morgan fingerprint density at radius 1 is 0.848 bits per heavy atom. The molecule has 0 aromatic heterocycles. The molecular weight excluding hydrogens is 480 g/mol. The van der Waals surface area contributed by atoms with E-state index in [9.17, 15) is 0 Å². The highest BCUT2D eigenvalue weighted by Gasteiger charge is 2.06. The minimum absolute atomic E-state index is 0.500. The summed E-state index contributed by atoms with van der Waals surface area (Å²) in [5, 5.41) is 6.75. The van der Waals surface area contributed by atoms with E-state index in [1.807, 2.05) is 42.5 Å². The van der Waals surface area contributed by atoms with Crippen LogP contribution >= 0.6 is 15.9 Å². The van der Waals surface area contributed by atoms with Crippen LogP contribution in [0.4, 0.5) is 0 Å². The summed E-state index contributed by atoms with van der Waals surface area (Å²) in [4.78, 5) is 0. The summed E-state index contributed by atoms with van der Waals surface area (Å²) in [5.74, 6) is 2.19. The summed E-state index contributed by atoms with van der Waals surface area (Å²) in [6.45, 7) is 1.07. The van der Waals surface area contributed by atoms with Crippen molar-refractivity contribution in [2.45, 2.75) is 13.2 Å². The molecule has 4 aromatic carbocycles. The fourth-order valence-electron chi connectivity index (χ4n) is 3.54. The number of hydrogen-bond acceptors (Lipinski definition) is 5. The van der Waals surface area contributed by atoms with E-state index in [1.54, 1.807) is 20.4 Å². The molecule has 0 amide bonds. The highest BCUT2D eigenvalue weighted by atomic mass is 79.9. The van der Waals surface area contributed by atoms with E-state index < -0.39 is 0 Å². The van der Waals surface area contributed by atoms with Crippen LogP contribution in [0.1, 0.15) is 16.7 Å². The van der Waals surface area contributed by atoms with E-state index in [1.165, 1.54) is 10.8 Å². The van der Waals surface area contributed by atoms with E-state index in [-0.39, 0.29) is 0 Å². The second-order valence-electron chi connectivity index (χ2n) is 7.40. The van der Waals surface area contributed by atoms with Crippen LogP contribution in [-0.4, -0.2) is 20.4 Å². The van der Waals surface area contributed by atoms with Gasteiger partial charge in [-0.1, -0.05) is 48.5 Å². The molecule has 6 heteroatoms. The third-order valence-corrected chi connectivity index (χ3v) is 5.87. The predicted octanol–water partition coefficient (Wildman–Crippen LogP) is 6.32. The number of benzene rings is 4. The third kappa shape index (κ3) is 5.65. The minimum Gasteiger partial charge on any atom is -0.493 e. The van der Waals surface area contributed by atoms with Gasteiger partial charge in [-0.25, -0.2) is 0 Å². The molecule has 0 fully saturated rings. The zero-order valence-corrected chi connectivity index (χ0v) is 20.1. The molecule has 0 aliphatic carbocycles. The van der Waals surface area contributed by atoms with Crippen molar-refractivity contribution in [2.75, 3.05) is 14.2 Å². The molecule has 4 rings (SSSR count). The van der Waals surface area contributed by atoms with Crippen molar-refractivity contribution in [1.29, 1.82) is 0 Å². The standard InChI is InChI=1S/C27H25BrN2O3/c1-31-26-13-11-20(15-27(26)32-2)17-30-29-16-19-10-12-25(24(28)14-19)33-18-22-8-5-7-21-6-3-4-9-23(21)22/h3-16,30H,17-18H2,1-2H3/b29-16-. The smallest absolute Gasteiger partial charge is 0.161 e. The van der Waals surface area contributed by atoms with E-state index >= 15 is 0 Å². The first-order valence-corrected chi connectivity index (χ1v) is 11.3. The van der Waals surface area contributed by atoms with Crippen molar-refractivity contribution < 1.29 is 14.2 Å². The lowest BCUT2D eigenvalue weighted by Gasteiger charge is -2.11. The maximum atomic E-state index is 6.08. The molecule has 0 saturated heterocycles. The van der Waals surface area contributed by atoms with Crippen LogP contribution in [0.15, 0.2) is 88.4 Å². The molecule has 1 N–H and O–H groups in total. The first-order valence-electron chi connectivity index (χ1n) is 10.5. The van der Waals surface area contributed by atoms with Crippen molar-refractivity contribution in [3.8, 4) is 17.2 Å². The van der Waals surface area contributed by atoms with E-state index in [4.69, 9.17) is 14.2 Å². The maximum absolute atomic E-state index is 6.08. The molecule has 0 radical (unpaired) electrons. The highest BCUT2D eigenvalue weighted by molar-refractivity contribution is 9.10. The molecule has 33 heavy (non-hydrogen) atoms. The van der Waals surface area contributed by atoms with Crippen LogP contribution in [0.3, 0.4) is 0 Å². The zero-order chi connectivity index (χ0) is 23.0. The van der Waals surface area contributed by atoms with Gasteiger partial charge in [0.15, 0.2) is 11.5 Å². The van der Waals surface area contributed by atoms with Crippen LogP contribution < -0.4 is 19.6 Å². The molecule has 0 bridgehead atoms. The van der Waals surface area contributed by atoms with Gasteiger partial charge in [0.2, 0.25) is 0 Å². The largest absolute Gasteiger partial charge is 0.493 e. The SMILES string of the molecule is COc1ccc(CN/N=C\c2ccc(OCc3cccc4ccccc34)c(Br)c2)cc1OC. The molecule has 0 saturated carbocycles. The summed E-state index contributed by atoms with van der Waals surface area (Å²) in [6, 6.07) is 26.3. The second kappa shape index (κ2) is 10.9. The molecule has 0 heterocycles. The number of hydrogen-bond donors (Lipinski definition) is 1. The number of fused-ring (bicyclic) bond motifs is 1. The fourth-order valence-corrected chi connectivity index (χ4v) is 4.05. The lowest BCUT2D eigenvalue weighted by molar-refractivity contribution is 0.305. The average molecular weight is 505 g/mol. The summed E-state index contributed by atoms with van der Waals surface area (Å²) in [7, 11) is 3.25. The summed E-state index contributed by atoms with van der Waals surface area (Å²) in [5.41, 5.74) is 6.22. The van der Waals surface area contributed by atoms with Gasteiger partial charge < -0.3 is 19.6 Å². The molecule has 0 spiro atoms. The molecule has 4 aromatic rings. The Kier molecular flexibility index (Phi) is 7.47. The highest BCUT2D eigenvalue weighted by Crippen LogP contribution is 2.28. The van der Waals surface area contributed by atoms with Crippen molar-refractivity contribution in [1.82, 2.24) is 5.43 Å². The van der Waals surface area contributed by atoms with Gasteiger partial charge in [0, 0.05) is 0 Å². The van der Waals surface area contributed by atoms with Crippen LogP contribution in [0.2, 0.25) is 0 Å². The number of nitrogens with zero attached hydrogens (tertiary/aromatic N) is 1. The lowest BCUT2D eigenvalue weighted by Crippen LogP contribution is -2.06. The van der Waals surface area contributed by atoms with Gasteiger partial charge in [-0.15, -0.1) is 0 Å². The van der Waals surface area contributed by atoms with Gasteiger partial charge in [0.25, 0.3) is 0 Å². The number of nitrogens with one attached hydrogen (secondary N) is 1.